The van der Waals surface area contributed by atoms with Gasteiger partial charge in [0, 0.05) is 26.1 Å². The summed E-state index contributed by atoms with van der Waals surface area (Å²) in [5.41, 5.74) is 0.663. The molecule has 2 amide bonds. The molecule has 1 unspecified atom stereocenters. The molecule has 7 heteroatoms. The first kappa shape index (κ1) is 18.2. The summed E-state index contributed by atoms with van der Waals surface area (Å²) < 4.78 is 5.56. The Morgan fingerprint density at radius 2 is 1.96 bits per heavy atom. The average Bonchev–Trinajstić information content (AvgIpc) is 2.96. The smallest absolute Gasteiger partial charge is 0.228 e. The maximum Gasteiger partial charge on any atom is 0.228 e. The SMILES string of the molecule is CCOc1ccccc1N1CC(C(=O)N(CCO)CCO)CC1=O. The topological polar surface area (TPSA) is 90.3 Å². The normalized spacial score (nSPS) is 17.2. The molecule has 7 nitrogen and oxygen atoms in total. The Labute approximate surface area is 141 Å². The fourth-order valence-electron chi connectivity index (χ4n) is 2.90. The van der Waals surface area contributed by atoms with E-state index in [1.165, 1.54) is 4.90 Å². The zero-order valence-electron chi connectivity index (χ0n) is 13.9. The molecule has 1 aromatic rings. The molecule has 1 aliphatic rings. The van der Waals surface area contributed by atoms with Crippen LogP contribution < -0.4 is 9.64 Å². The predicted molar refractivity (Wildman–Crippen MR) is 88.8 cm³/mol. The molecule has 132 valence electrons. The highest BCUT2D eigenvalue weighted by Gasteiger charge is 2.37. The highest BCUT2D eigenvalue weighted by molar-refractivity contribution is 6.01. The number of carbonyl (C=O) groups excluding carboxylic acids is 2. The number of aliphatic hydroxyl groups is 2. The Hall–Kier alpha value is -2.12. The monoisotopic (exact) mass is 336 g/mol. The van der Waals surface area contributed by atoms with Crippen LogP contribution in [0.2, 0.25) is 0 Å². The molecule has 1 atom stereocenters. The highest BCUT2D eigenvalue weighted by Crippen LogP contribution is 2.33. The molecule has 0 aromatic heterocycles. The highest BCUT2D eigenvalue weighted by atomic mass is 16.5. The van der Waals surface area contributed by atoms with Gasteiger partial charge < -0.3 is 24.7 Å². The lowest BCUT2D eigenvalue weighted by atomic mass is 10.1. The van der Waals surface area contributed by atoms with Crippen LogP contribution in [0.5, 0.6) is 5.75 Å². The Morgan fingerprint density at radius 1 is 1.29 bits per heavy atom. The molecule has 0 bridgehead atoms. The first-order valence-electron chi connectivity index (χ1n) is 8.15. The van der Waals surface area contributed by atoms with E-state index in [0.29, 0.717) is 18.0 Å². The molecule has 2 rings (SSSR count). The lowest BCUT2D eigenvalue weighted by Gasteiger charge is -2.24. The second kappa shape index (κ2) is 8.65. The van der Waals surface area contributed by atoms with E-state index in [-0.39, 0.29) is 51.1 Å². The maximum absolute atomic E-state index is 12.6. The first-order valence-corrected chi connectivity index (χ1v) is 8.15. The van der Waals surface area contributed by atoms with Crippen molar-refractivity contribution in [2.75, 3.05) is 44.4 Å². The first-order chi connectivity index (χ1) is 11.6. The third kappa shape index (κ3) is 4.04. The Balaban J connectivity index is 2.14. The van der Waals surface area contributed by atoms with Crippen LogP contribution in [0.1, 0.15) is 13.3 Å². The summed E-state index contributed by atoms with van der Waals surface area (Å²) in [4.78, 5) is 27.9. The van der Waals surface area contributed by atoms with E-state index in [1.807, 2.05) is 19.1 Å². The van der Waals surface area contributed by atoms with Gasteiger partial charge in [-0.3, -0.25) is 9.59 Å². The van der Waals surface area contributed by atoms with E-state index in [4.69, 9.17) is 14.9 Å². The molecule has 0 spiro atoms. The van der Waals surface area contributed by atoms with Gasteiger partial charge in [-0.25, -0.2) is 0 Å². The lowest BCUT2D eigenvalue weighted by Crippen LogP contribution is -2.40. The number of aliphatic hydroxyl groups excluding tert-OH is 2. The minimum atomic E-state index is -0.481. The number of anilines is 1. The van der Waals surface area contributed by atoms with E-state index in [1.54, 1.807) is 17.0 Å². The van der Waals surface area contributed by atoms with Crippen molar-refractivity contribution in [2.24, 2.45) is 5.92 Å². The summed E-state index contributed by atoms with van der Waals surface area (Å²) in [6.45, 7) is 2.58. The molecule has 0 aliphatic carbocycles. The molecular weight excluding hydrogens is 312 g/mol. The number of amides is 2. The van der Waals surface area contributed by atoms with Crippen LogP contribution in [0, 0.1) is 5.92 Å². The van der Waals surface area contributed by atoms with E-state index >= 15 is 0 Å². The van der Waals surface area contributed by atoms with Gasteiger partial charge in [-0.2, -0.15) is 0 Å². The minimum Gasteiger partial charge on any atom is -0.492 e. The van der Waals surface area contributed by atoms with E-state index in [9.17, 15) is 9.59 Å². The summed E-state index contributed by atoms with van der Waals surface area (Å²) in [6, 6.07) is 7.26. The van der Waals surface area contributed by atoms with E-state index in [2.05, 4.69) is 0 Å². The molecule has 1 saturated heterocycles. The van der Waals surface area contributed by atoms with Gasteiger partial charge in [0.15, 0.2) is 0 Å². The number of carbonyl (C=O) groups is 2. The van der Waals surface area contributed by atoms with Gasteiger partial charge in [0.05, 0.1) is 31.4 Å². The van der Waals surface area contributed by atoms with Crippen molar-refractivity contribution in [3.8, 4) is 5.75 Å². The summed E-state index contributed by atoms with van der Waals surface area (Å²) in [6.07, 6.45) is 0.118. The molecule has 1 aromatic carbocycles. The second-order valence-corrected chi connectivity index (χ2v) is 5.58. The second-order valence-electron chi connectivity index (χ2n) is 5.58. The van der Waals surface area contributed by atoms with Crippen LogP contribution in [-0.2, 0) is 9.59 Å². The van der Waals surface area contributed by atoms with Crippen molar-refractivity contribution in [3.05, 3.63) is 24.3 Å². The standard InChI is InChI=1S/C17H24N2O5/c1-2-24-15-6-4-3-5-14(15)19-12-13(11-16(19)22)17(23)18(7-9-20)8-10-21/h3-6,13,20-21H,2,7-12H2,1H3. The zero-order valence-corrected chi connectivity index (χ0v) is 13.9. The van der Waals surface area contributed by atoms with Crippen molar-refractivity contribution in [3.63, 3.8) is 0 Å². The third-order valence-corrected chi connectivity index (χ3v) is 3.98. The largest absolute Gasteiger partial charge is 0.492 e. The fraction of sp³-hybridized carbons (Fsp3) is 0.529. The lowest BCUT2D eigenvalue weighted by molar-refractivity contribution is -0.136. The molecule has 0 radical (unpaired) electrons. The van der Waals surface area contributed by atoms with Crippen molar-refractivity contribution in [2.45, 2.75) is 13.3 Å². The maximum atomic E-state index is 12.6. The van der Waals surface area contributed by atoms with Crippen LogP contribution >= 0.6 is 0 Å². The zero-order chi connectivity index (χ0) is 17.5. The molecule has 2 N–H and O–H groups in total. The average molecular weight is 336 g/mol. The molecule has 1 fully saturated rings. The Kier molecular flexibility index (Phi) is 6.57. The Morgan fingerprint density at radius 3 is 2.58 bits per heavy atom. The quantitative estimate of drug-likeness (QED) is 0.710. The van der Waals surface area contributed by atoms with E-state index in [0.717, 1.165) is 0 Å². The molecule has 0 saturated carbocycles. The van der Waals surface area contributed by atoms with Crippen LogP contribution in [0.3, 0.4) is 0 Å². The number of hydrogen-bond donors (Lipinski definition) is 2. The molecule has 24 heavy (non-hydrogen) atoms. The number of para-hydroxylation sites is 2. The Bertz CT molecular complexity index is 572. The van der Waals surface area contributed by atoms with Crippen LogP contribution in [-0.4, -0.2) is 66.4 Å². The van der Waals surface area contributed by atoms with Crippen LogP contribution in [0.4, 0.5) is 5.69 Å². The summed E-state index contributed by atoms with van der Waals surface area (Å²) in [7, 11) is 0. The van der Waals surface area contributed by atoms with Gasteiger partial charge in [-0.1, -0.05) is 12.1 Å². The van der Waals surface area contributed by atoms with Crippen molar-refractivity contribution < 1.29 is 24.5 Å². The fourth-order valence-corrected chi connectivity index (χ4v) is 2.90. The van der Waals surface area contributed by atoms with Crippen LogP contribution in [0.25, 0.3) is 0 Å². The van der Waals surface area contributed by atoms with Crippen molar-refractivity contribution in [1.82, 2.24) is 4.90 Å². The minimum absolute atomic E-state index is 0.118. The predicted octanol–water partition coefficient (Wildman–Crippen LogP) is 0.251. The molecule has 1 heterocycles. The van der Waals surface area contributed by atoms with Crippen molar-refractivity contribution >= 4 is 17.5 Å². The third-order valence-electron chi connectivity index (χ3n) is 3.98. The van der Waals surface area contributed by atoms with Gasteiger partial charge in [0.25, 0.3) is 0 Å². The number of benzene rings is 1. The number of ether oxygens (including phenoxy) is 1. The summed E-state index contributed by atoms with van der Waals surface area (Å²) >= 11 is 0. The van der Waals surface area contributed by atoms with Crippen LogP contribution in [0.15, 0.2) is 24.3 Å². The van der Waals surface area contributed by atoms with Gasteiger partial charge in [-0.15, -0.1) is 0 Å². The van der Waals surface area contributed by atoms with Gasteiger partial charge in [0.2, 0.25) is 11.8 Å². The summed E-state index contributed by atoms with van der Waals surface area (Å²) in [5, 5.41) is 18.1. The van der Waals surface area contributed by atoms with Gasteiger partial charge in [0.1, 0.15) is 5.75 Å². The van der Waals surface area contributed by atoms with Gasteiger partial charge in [-0.05, 0) is 19.1 Å². The van der Waals surface area contributed by atoms with Gasteiger partial charge >= 0.3 is 0 Å². The number of rotatable bonds is 8. The molecular formula is C17H24N2O5. The summed E-state index contributed by atoms with van der Waals surface area (Å²) in [5.74, 6) is -0.217. The number of hydrogen-bond acceptors (Lipinski definition) is 5. The van der Waals surface area contributed by atoms with E-state index < -0.39 is 5.92 Å². The molecule has 1 aliphatic heterocycles. The number of nitrogens with zero attached hydrogens (tertiary/aromatic N) is 2. The van der Waals surface area contributed by atoms with Crippen molar-refractivity contribution in [1.29, 1.82) is 0 Å².